The molecule has 3 rings (SSSR count). The monoisotopic (exact) mass is 271 g/mol. The van der Waals surface area contributed by atoms with E-state index in [1.165, 1.54) is 6.92 Å². The average molecular weight is 271 g/mol. The Labute approximate surface area is 115 Å². The molecule has 0 spiro atoms. The number of carbonyl (C=O) groups excluding carboxylic acids is 2. The standard InChI is InChI=1S/C15H13NO4/c1-15(14(19)20)11-8-7-10(11)13(18)16(15)12(17)9-5-3-2-4-6-9/h2-8,10-11H,1H3,(H,19,20)/t10-,11+,15-/m0/s1. The van der Waals surface area contributed by atoms with Crippen molar-refractivity contribution in [2.24, 2.45) is 11.8 Å². The van der Waals surface area contributed by atoms with Crippen LogP contribution < -0.4 is 0 Å². The van der Waals surface area contributed by atoms with Crippen molar-refractivity contribution in [1.29, 1.82) is 0 Å². The van der Waals surface area contributed by atoms with Gasteiger partial charge in [0.2, 0.25) is 5.91 Å². The Morgan fingerprint density at radius 3 is 2.35 bits per heavy atom. The maximum Gasteiger partial charge on any atom is 0.330 e. The molecule has 0 aromatic heterocycles. The lowest BCUT2D eigenvalue weighted by atomic mass is 9.74. The van der Waals surface area contributed by atoms with Crippen molar-refractivity contribution in [2.75, 3.05) is 0 Å². The predicted octanol–water partition coefficient (Wildman–Crippen LogP) is 1.31. The van der Waals surface area contributed by atoms with E-state index >= 15 is 0 Å². The number of rotatable bonds is 2. The van der Waals surface area contributed by atoms with Gasteiger partial charge in [-0.25, -0.2) is 4.79 Å². The van der Waals surface area contributed by atoms with Crippen LogP contribution in [-0.2, 0) is 9.59 Å². The summed E-state index contributed by atoms with van der Waals surface area (Å²) in [5.41, 5.74) is -1.20. The van der Waals surface area contributed by atoms with Crippen LogP contribution in [0.25, 0.3) is 0 Å². The van der Waals surface area contributed by atoms with Crippen LogP contribution in [0.2, 0.25) is 0 Å². The third-order valence-corrected chi connectivity index (χ3v) is 4.19. The molecule has 1 aliphatic carbocycles. The van der Waals surface area contributed by atoms with Gasteiger partial charge in [0.05, 0.1) is 5.92 Å². The summed E-state index contributed by atoms with van der Waals surface area (Å²) >= 11 is 0. The van der Waals surface area contributed by atoms with Crippen molar-refractivity contribution < 1.29 is 19.5 Å². The van der Waals surface area contributed by atoms with E-state index in [0.717, 1.165) is 4.90 Å². The largest absolute Gasteiger partial charge is 0.479 e. The molecule has 0 unspecified atom stereocenters. The molecule has 20 heavy (non-hydrogen) atoms. The van der Waals surface area contributed by atoms with Gasteiger partial charge in [0.1, 0.15) is 0 Å². The molecule has 102 valence electrons. The number of nitrogens with zero attached hydrogens (tertiary/aromatic N) is 1. The fourth-order valence-electron chi connectivity index (χ4n) is 2.89. The first-order valence-corrected chi connectivity index (χ1v) is 6.33. The van der Waals surface area contributed by atoms with Gasteiger partial charge in [0.25, 0.3) is 5.91 Å². The molecule has 5 nitrogen and oxygen atoms in total. The maximum atomic E-state index is 12.5. The predicted molar refractivity (Wildman–Crippen MR) is 69.8 cm³/mol. The van der Waals surface area contributed by atoms with E-state index in [0.29, 0.717) is 5.56 Å². The van der Waals surface area contributed by atoms with Crippen molar-refractivity contribution in [2.45, 2.75) is 12.5 Å². The highest BCUT2D eigenvalue weighted by Crippen LogP contribution is 2.47. The molecule has 0 radical (unpaired) electrons. The molecule has 1 N–H and O–H groups in total. The number of likely N-dealkylation sites (tertiary alicyclic amines) is 1. The Hall–Kier alpha value is -2.43. The van der Waals surface area contributed by atoms with Crippen LogP contribution in [0, 0.1) is 11.8 Å². The number of hydrogen-bond donors (Lipinski definition) is 1. The quantitative estimate of drug-likeness (QED) is 0.650. The Morgan fingerprint density at radius 1 is 1.20 bits per heavy atom. The van der Waals surface area contributed by atoms with E-state index in [-0.39, 0.29) is 0 Å². The molecular formula is C15H13NO4. The minimum absolute atomic E-state index is 0.314. The lowest BCUT2D eigenvalue weighted by Gasteiger charge is -2.34. The molecule has 1 saturated heterocycles. The van der Waals surface area contributed by atoms with E-state index in [1.54, 1.807) is 42.5 Å². The first-order chi connectivity index (χ1) is 9.48. The summed E-state index contributed by atoms with van der Waals surface area (Å²) in [6.07, 6.45) is 3.35. The molecule has 1 fully saturated rings. The van der Waals surface area contributed by atoms with Crippen molar-refractivity contribution in [1.82, 2.24) is 4.90 Å². The van der Waals surface area contributed by atoms with Crippen LogP contribution in [-0.4, -0.2) is 33.3 Å². The van der Waals surface area contributed by atoms with Gasteiger partial charge in [-0.2, -0.15) is 0 Å². The number of benzene rings is 1. The van der Waals surface area contributed by atoms with E-state index in [1.807, 2.05) is 0 Å². The normalized spacial score (nSPS) is 30.9. The second kappa shape index (κ2) is 4.03. The number of aliphatic carboxylic acids is 1. The first kappa shape index (κ1) is 12.6. The van der Waals surface area contributed by atoms with Crippen molar-refractivity contribution >= 4 is 17.8 Å². The maximum absolute atomic E-state index is 12.5. The molecule has 1 aromatic carbocycles. The zero-order valence-corrected chi connectivity index (χ0v) is 10.8. The topological polar surface area (TPSA) is 74.7 Å². The third-order valence-electron chi connectivity index (χ3n) is 4.19. The summed E-state index contributed by atoms with van der Waals surface area (Å²) in [5, 5.41) is 9.50. The zero-order chi connectivity index (χ0) is 14.5. The van der Waals surface area contributed by atoms with Crippen molar-refractivity contribution in [3.63, 3.8) is 0 Å². The van der Waals surface area contributed by atoms with Gasteiger partial charge in [-0.1, -0.05) is 30.4 Å². The minimum atomic E-state index is -1.51. The Kier molecular flexibility index (Phi) is 2.54. The van der Waals surface area contributed by atoms with Gasteiger partial charge < -0.3 is 5.11 Å². The summed E-state index contributed by atoms with van der Waals surface area (Å²) in [7, 11) is 0. The van der Waals surface area contributed by atoms with Crippen LogP contribution >= 0.6 is 0 Å². The number of fused-ring (bicyclic) bond motifs is 1. The zero-order valence-electron chi connectivity index (χ0n) is 10.8. The van der Waals surface area contributed by atoms with E-state index in [4.69, 9.17) is 0 Å². The minimum Gasteiger partial charge on any atom is -0.479 e. The first-order valence-electron chi connectivity index (χ1n) is 6.33. The lowest BCUT2D eigenvalue weighted by Crippen LogP contribution is -2.55. The third kappa shape index (κ3) is 1.40. The fourth-order valence-corrected chi connectivity index (χ4v) is 2.89. The lowest BCUT2D eigenvalue weighted by molar-refractivity contribution is -0.151. The number of carboxylic acids is 1. The molecule has 0 bridgehead atoms. The summed E-state index contributed by atoms with van der Waals surface area (Å²) < 4.78 is 0. The number of carbonyl (C=O) groups is 3. The van der Waals surface area contributed by atoms with Crippen molar-refractivity contribution in [3.8, 4) is 0 Å². The highest BCUT2D eigenvalue weighted by atomic mass is 16.4. The van der Waals surface area contributed by atoms with Crippen LogP contribution in [0.15, 0.2) is 42.5 Å². The summed E-state index contributed by atoms with van der Waals surface area (Å²) in [5.74, 6) is -3.09. The fraction of sp³-hybridized carbons (Fsp3) is 0.267. The van der Waals surface area contributed by atoms with E-state index < -0.39 is 35.2 Å². The molecular weight excluding hydrogens is 258 g/mol. The Balaban J connectivity index is 2.06. The summed E-state index contributed by atoms with van der Waals surface area (Å²) in [6.45, 7) is 1.43. The molecule has 5 heteroatoms. The number of carboxylic acid groups (broad SMARTS) is 1. The number of imide groups is 1. The van der Waals surface area contributed by atoms with Gasteiger partial charge in [-0.15, -0.1) is 0 Å². The second-order valence-corrected chi connectivity index (χ2v) is 5.23. The molecule has 2 aliphatic rings. The van der Waals surface area contributed by atoms with E-state index in [9.17, 15) is 19.5 Å². The molecule has 3 atom stereocenters. The molecule has 0 saturated carbocycles. The Bertz CT molecular complexity index is 637. The van der Waals surface area contributed by atoms with Gasteiger partial charge in [0, 0.05) is 11.5 Å². The van der Waals surface area contributed by atoms with Crippen LogP contribution in [0.3, 0.4) is 0 Å². The molecule has 1 aliphatic heterocycles. The van der Waals surface area contributed by atoms with Gasteiger partial charge >= 0.3 is 5.97 Å². The number of hydrogen-bond acceptors (Lipinski definition) is 3. The van der Waals surface area contributed by atoms with E-state index in [2.05, 4.69) is 0 Å². The molecule has 1 heterocycles. The average Bonchev–Trinajstić information content (AvgIpc) is 2.52. The molecule has 2 amide bonds. The van der Waals surface area contributed by atoms with Crippen LogP contribution in [0.4, 0.5) is 0 Å². The van der Waals surface area contributed by atoms with Gasteiger partial charge in [0.15, 0.2) is 5.54 Å². The summed E-state index contributed by atoms with van der Waals surface area (Å²) in [6, 6.07) is 8.26. The molecule has 1 aromatic rings. The Morgan fingerprint density at radius 2 is 1.85 bits per heavy atom. The smallest absolute Gasteiger partial charge is 0.330 e. The SMILES string of the molecule is C[C@@]1(C(=O)O)[C@@H]2C=C[C@@H]2C(=O)N1C(=O)c1ccccc1. The van der Waals surface area contributed by atoms with Gasteiger partial charge in [-0.3, -0.25) is 14.5 Å². The van der Waals surface area contributed by atoms with Crippen molar-refractivity contribution in [3.05, 3.63) is 48.0 Å². The van der Waals surface area contributed by atoms with Crippen LogP contribution in [0.5, 0.6) is 0 Å². The van der Waals surface area contributed by atoms with Gasteiger partial charge in [-0.05, 0) is 19.1 Å². The number of amides is 2. The van der Waals surface area contributed by atoms with Crippen LogP contribution in [0.1, 0.15) is 17.3 Å². The second-order valence-electron chi connectivity index (χ2n) is 5.23. The highest BCUT2D eigenvalue weighted by molar-refractivity contribution is 6.12. The summed E-state index contributed by atoms with van der Waals surface area (Å²) in [4.78, 5) is 37.3. The highest BCUT2D eigenvalue weighted by Gasteiger charge is 2.63.